The van der Waals surface area contributed by atoms with Gasteiger partial charge in [-0.2, -0.15) is 0 Å². The molecule has 2 N–H and O–H groups in total. The Morgan fingerprint density at radius 2 is 2.00 bits per heavy atom. The van der Waals surface area contributed by atoms with Gasteiger partial charge in [0.2, 0.25) is 5.91 Å². The number of aliphatic hydroxyl groups excluding tert-OH is 1. The van der Waals surface area contributed by atoms with Crippen LogP contribution in [0.5, 0.6) is 0 Å². The van der Waals surface area contributed by atoms with Crippen LogP contribution in [0.2, 0.25) is 0 Å². The zero-order valence-corrected chi connectivity index (χ0v) is 12.4. The fraction of sp³-hybridized carbons (Fsp3) is 0.500. The maximum absolute atomic E-state index is 12.5. The SMILES string of the molecule is C[C@H]1[C@H](C(=O)N[C@H](CO)Cc2ccccc2)[C@H]2C=C[C@@H]1C2. The molecule has 3 nitrogen and oxygen atoms in total. The summed E-state index contributed by atoms with van der Waals surface area (Å²) in [5, 5.41) is 12.6. The Morgan fingerprint density at radius 1 is 1.29 bits per heavy atom. The summed E-state index contributed by atoms with van der Waals surface area (Å²) in [6, 6.07) is 9.78. The lowest BCUT2D eigenvalue weighted by atomic mass is 9.83. The summed E-state index contributed by atoms with van der Waals surface area (Å²) in [4.78, 5) is 12.5. The standard InChI is InChI=1S/C18H23NO2/c1-12-14-7-8-15(10-14)17(12)18(21)19-16(11-20)9-13-5-3-2-4-6-13/h2-8,12,14-17,20H,9-11H2,1H3,(H,19,21)/t12-,14-,15+,16+,17+/m1/s1. The van der Waals surface area contributed by atoms with Gasteiger partial charge in [-0.15, -0.1) is 0 Å². The second kappa shape index (κ2) is 6.02. The van der Waals surface area contributed by atoms with Gasteiger partial charge in [-0.25, -0.2) is 0 Å². The van der Waals surface area contributed by atoms with Crippen molar-refractivity contribution < 1.29 is 9.90 Å². The summed E-state index contributed by atoms with van der Waals surface area (Å²) in [5.41, 5.74) is 1.14. The van der Waals surface area contributed by atoms with E-state index in [1.807, 2.05) is 30.3 Å². The van der Waals surface area contributed by atoms with Crippen LogP contribution in [0.3, 0.4) is 0 Å². The van der Waals surface area contributed by atoms with E-state index >= 15 is 0 Å². The summed E-state index contributed by atoms with van der Waals surface area (Å²) in [5.74, 6) is 1.55. The van der Waals surface area contributed by atoms with Gasteiger partial charge in [-0.05, 0) is 36.2 Å². The summed E-state index contributed by atoms with van der Waals surface area (Å²) in [7, 11) is 0. The van der Waals surface area contributed by atoms with E-state index in [9.17, 15) is 9.90 Å². The van der Waals surface area contributed by atoms with E-state index < -0.39 is 0 Å². The fourth-order valence-corrected chi connectivity index (χ4v) is 3.86. The molecule has 0 aromatic heterocycles. The Bertz CT molecular complexity index is 525. The maximum Gasteiger partial charge on any atom is 0.224 e. The molecular weight excluding hydrogens is 262 g/mol. The first kappa shape index (κ1) is 14.3. The van der Waals surface area contributed by atoms with Crippen molar-refractivity contribution in [1.29, 1.82) is 0 Å². The van der Waals surface area contributed by atoms with E-state index in [1.165, 1.54) is 0 Å². The Hall–Kier alpha value is -1.61. The van der Waals surface area contributed by atoms with E-state index in [0.717, 1.165) is 12.0 Å². The second-order valence-electron chi connectivity index (χ2n) is 6.41. The number of carbonyl (C=O) groups excluding carboxylic acids is 1. The molecule has 0 aliphatic heterocycles. The minimum Gasteiger partial charge on any atom is -0.394 e. The molecule has 2 aliphatic rings. The third-order valence-electron chi connectivity index (χ3n) is 5.05. The summed E-state index contributed by atoms with van der Waals surface area (Å²) in [6.45, 7) is 2.15. The number of allylic oxidation sites excluding steroid dienone is 2. The maximum atomic E-state index is 12.5. The van der Waals surface area contributed by atoms with Crippen LogP contribution in [0.15, 0.2) is 42.5 Å². The van der Waals surface area contributed by atoms with Gasteiger partial charge in [-0.1, -0.05) is 49.4 Å². The topological polar surface area (TPSA) is 49.3 Å². The first-order valence-electron chi connectivity index (χ1n) is 7.82. The van der Waals surface area contributed by atoms with E-state index in [2.05, 4.69) is 24.4 Å². The molecular formula is C18H23NO2. The van der Waals surface area contributed by atoms with Crippen LogP contribution in [0.4, 0.5) is 0 Å². The van der Waals surface area contributed by atoms with Crippen molar-refractivity contribution in [3.63, 3.8) is 0 Å². The van der Waals surface area contributed by atoms with Crippen LogP contribution >= 0.6 is 0 Å². The Labute approximate surface area is 126 Å². The van der Waals surface area contributed by atoms with Gasteiger partial charge in [0, 0.05) is 5.92 Å². The van der Waals surface area contributed by atoms with Gasteiger partial charge >= 0.3 is 0 Å². The quantitative estimate of drug-likeness (QED) is 0.815. The lowest BCUT2D eigenvalue weighted by Crippen LogP contribution is -2.44. The van der Waals surface area contributed by atoms with Crippen molar-refractivity contribution in [3.8, 4) is 0 Å². The van der Waals surface area contributed by atoms with E-state index in [4.69, 9.17) is 0 Å². The van der Waals surface area contributed by atoms with Crippen molar-refractivity contribution in [2.45, 2.75) is 25.8 Å². The number of nitrogens with one attached hydrogen (secondary N) is 1. The summed E-state index contributed by atoms with van der Waals surface area (Å²) < 4.78 is 0. The molecule has 1 aromatic rings. The Morgan fingerprint density at radius 3 is 2.62 bits per heavy atom. The van der Waals surface area contributed by atoms with Crippen LogP contribution in [-0.4, -0.2) is 23.7 Å². The Balaban J connectivity index is 1.62. The average molecular weight is 285 g/mol. The molecule has 5 atom stereocenters. The van der Waals surface area contributed by atoms with E-state index in [0.29, 0.717) is 24.2 Å². The molecule has 0 spiro atoms. The zero-order valence-electron chi connectivity index (χ0n) is 12.4. The van der Waals surface area contributed by atoms with Gasteiger partial charge < -0.3 is 10.4 Å². The second-order valence-corrected chi connectivity index (χ2v) is 6.41. The third-order valence-corrected chi connectivity index (χ3v) is 5.05. The lowest BCUT2D eigenvalue weighted by Gasteiger charge is -2.26. The van der Waals surface area contributed by atoms with Gasteiger partial charge in [0.15, 0.2) is 0 Å². The van der Waals surface area contributed by atoms with Crippen molar-refractivity contribution in [3.05, 3.63) is 48.0 Å². The highest BCUT2D eigenvalue weighted by molar-refractivity contribution is 5.80. The third kappa shape index (κ3) is 2.88. The number of amides is 1. The first-order valence-corrected chi connectivity index (χ1v) is 7.82. The lowest BCUT2D eigenvalue weighted by molar-refractivity contribution is -0.128. The molecule has 0 radical (unpaired) electrons. The average Bonchev–Trinajstić information content (AvgIpc) is 3.08. The minimum absolute atomic E-state index is 0.0222. The molecule has 1 amide bonds. The predicted octanol–water partition coefficient (Wildman–Crippen LogP) is 2.16. The number of rotatable bonds is 5. The van der Waals surface area contributed by atoms with Crippen LogP contribution in [0.1, 0.15) is 18.9 Å². The number of aliphatic hydroxyl groups is 1. The highest BCUT2D eigenvalue weighted by Gasteiger charge is 2.45. The van der Waals surface area contributed by atoms with Crippen molar-refractivity contribution >= 4 is 5.91 Å². The van der Waals surface area contributed by atoms with Crippen molar-refractivity contribution in [2.75, 3.05) is 6.61 Å². The van der Waals surface area contributed by atoms with Crippen molar-refractivity contribution in [1.82, 2.24) is 5.32 Å². The smallest absolute Gasteiger partial charge is 0.224 e. The van der Waals surface area contributed by atoms with Crippen LogP contribution in [0.25, 0.3) is 0 Å². The van der Waals surface area contributed by atoms with Crippen LogP contribution in [-0.2, 0) is 11.2 Å². The molecule has 1 fully saturated rings. The molecule has 3 heteroatoms. The number of hydrogen-bond donors (Lipinski definition) is 2. The molecule has 2 aliphatic carbocycles. The number of fused-ring (bicyclic) bond motifs is 2. The number of carbonyl (C=O) groups is 1. The minimum atomic E-state index is -0.199. The molecule has 3 rings (SSSR count). The number of benzene rings is 1. The molecule has 0 saturated heterocycles. The monoisotopic (exact) mass is 285 g/mol. The Kier molecular flexibility index (Phi) is 4.11. The molecule has 2 bridgehead atoms. The fourth-order valence-electron chi connectivity index (χ4n) is 3.86. The highest BCUT2D eigenvalue weighted by atomic mass is 16.3. The largest absolute Gasteiger partial charge is 0.394 e. The first-order chi connectivity index (χ1) is 10.2. The molecule has 0 heterocycles. The van der Waals surface area contributed by atoms with Crippen molar-refractivity contribution in [2.24, 2.45) is 23.7 Å². The molecule has 1 saturated carbocycles. The highest BCUT2D eigenvalue weighted by Crippen LogP contribution is 2.47. The molecule has 112 valence electrons. The van der Waals surface area contributed by atoms with Crippen LogP contribution in [0, 0.1) is 23.7 Å². The molecule has 1 aromatic carbocycles. The summed E-state index contributed by atoms with van der Waals surface area (Å²) in [6.07, 6.45) is 6.24. The van der Waals surface area contributed by atoms with Crippen LogP contribution < -0.4 is 5.32 Å². The van der Waals surface area contributed by atoms with Gasteiger partial charge in [-0.3, -0.25) is 4.79 Å². The molecule has 21 heavy (non-hydrogen) atoms. The summed E-state index contributed by atoms with van der Waals surface area (Å²) >= 11 is 0. The predicted molar refractivity (Wildman–Crippen MR) is 82.6 cm³/mol. The van der Waals surface area contributed by atoms with Gasteiger partial charge in [0.25, 0.3) is 0 Å². The molecule has 0 unspecified atom stereocenters. The zero-order chi connectivity index (χ0) is 14.8. The van der Waals surface area contributed by atoms with Gasteiger partial charge in [0.1, 0.15) is 0 Å². The van der Waals surface area contributed by atoms with Gasteiger partial charge in [0.05, 0.1) is 12.6 Å². The number of hydrogen-bond acceptors (Lipinski definition) is 2. The van der Waals surface area contributed by atoms with E-state index in [-0.39, 0.29) is 24.5 Å². The van der Waals surface area contributed by atoms with E-state index in [1.54, 1.807) is 0 Å². The normalized spacial score (nSPS) is 31.3.